The summed E-state index contributed by atoms with van der Waals surface area (Å²) < 4.78 is 0. The SMILES string of the molecule is CCC=CC1C(C)CCCC1(C)C. The van der Waals surface area contributed by atoms with Gasteiger partial charge in [-0.25, -0.2) is 0 Å². The second-order valence-corrected chi connectivity index (χ2v) is 5.22. The number of hydrogen-bond donors (Lipinski definition) is 0. The van der Waals surface area contributed by atoms with Crippen LogP contribution in [0.3, 0.4) is 0 Å². The monoisotopic (exact) mass is 180 g/mol. The molecule has 0 heteroatoms. The maximum atomic E-state index is 2.46. The van der Waals surface area contributed by atoms with Crippen LogP contribution < -0.4 is 0 Å². The molecule has 1 aliphatic rings. The molecule has 0 aromatic carbocycles. The molecule has 0 aromatic heterocycles. The van der Waals surface area contributed by atoms with E-state index >= 15 is 0 Å². The minimum atomic E-state index is 0.531. The molecule has 0 N–H and O–H groups in total. The first-order valence-electron chi connectivity index (χ1n) is 5.74. The van der Waals surface area contributed by atoms with Crippen LogP contribution in [0.2, 0.25) is 0 Å². The quantitative estimate of drug-likeness (QED) is 0.552. The van der Waals surface area contributed by atoms with E-state index in [1.165, 1.54) is 25.7 Å². The maximum Gasteiger partial charge on any atom is -0.0156 e. The van der Waals surface area contributed by atoms with Gasteiger partial charge in [-0.1, -0.05) is 52.7 Å². The Labute approximate surface area is 83.4 Å². The van der Waals surface area contributed by atoms with Crippen LogP contribution in [0.15, 0.2) is 12.2 Å². The lowest BCUT2D eigenvalue weighted by Gasteiger charge is -2.41. The molecule has 0 spiro atoms. The first-order chi connectivity index (χ1) is 6.08. The Hall–Kier alpha value is -0.260. The van der Waals surface area contributed by atoms with Crippen molar-refractivity contribution in [2.75, 3.05) is 0 Å². The van der Waals surface area contributed by atoms with Crippen LogP contribution in [0.4, 0.5) is 0 Å². The van der Waals surface area contributed by atoms with E-state index in [9.17, 15) is 0 Å². The molecule has 1 aliphatic carbocycles. The first-order valence-corrected chi connectivity index (χ1v) is 5.74. The van der Waals surface area contributed by atoms with E-state index in [4.69, 9.17) is 0 Å². The van der Waals surface area contributed by atoms with Gasteiger partial charge in [-0.3, -0.25) is 0 Å². The minimum Gasteiger partial charge on any atom is -0.0885 e. The summed E-state index contributed by atoms with van der Waals surface area (Å²) in [5.41, 5.74) is 0.531. The Morgan fingerprint density at radius 1 is 1.38 bits per heavy atom. The lowest BCUT2D eigenvalue weighted by molar-refractivity contribution is 0.122. The van der Waals surface area contributed by atoms with Gasteiger partial charge in [0.15, 0.2) is 0 Å². The lowest BCUT2D eigenvalue weighted by atomic mass is 9.64. The molecule has 1 saturated carbocycles. The summed E-state index contributed by atoms with van der Waals surface area (Å²) >= 11 is 0. The Kier molecular flexibility index (Phi) is 3.58. The van der Waals surface area contributed by atoms with E-state index in [0.29, 0.717) is 5.41 Å². The fourth-order valence-corrected chi connectivity index (χ4v) is 2.73. The van der Waals surface area contributed by atoms with Crippen LogP contribution in [0.25, 0.3) is 0 Å². The summed E-state index contributed by atoms with van der Waals surface area (Å²) in [6, 6.07) is 0. The van der Waals surface area contributed by atoms with Gasteiger partial charge < -0.3 is 0 Å². The topological polar surface area (TPSA) is 0 Å². The van der Waals surface area contributed by atoms with E-state index in [0.717, 1.165) is 11.8 Å². The van der Waals surface area contributed by atoms with Gasteiger partial charge in [0.2, 0.25) is 0 Å². The zero-order chi connectivity index (χ0) is 9.90. The molecule has 0 aromatic rings. The van der Waals surface area contributed by atoms with E-state index in [1.54, 1.807) is 0 Å². The van der Waals surface area contributed by atoms with Crippen molar-refractivity contribution in [3.05, 3.63) is 12.2 Å². The van der Waals surface area contributed by atoms with E-state index in [2.05, 4.69) is 39.8 Å². The van der Waals surface area contributed by atoms with Gasteiger partial charge in [-0.2, -0.15) is 0 Å². The van der Waals surface area contributed by atoms with Crippen molar-refractivity contribution >= 4 is 0 Å². The molecule has 76 valence electrons. The van der Waals surface area contributed by atoms with Crippen LogP contribution >= 0.6 is 0 Å². The largest absolute Gasteiger partial charge is 0.0885 e. The molecular weight excluding hydrogens is 156 g/mol. The average Bonchev–Trinajstić information content (AvgIpc) is 2.02. The van der Waals surface area contributed by atoms with Crippen LogP contribution in [0.1, 0.15) is 53.4 Å². The van der Waals surface area contributed by atoms with Crippen molar-refractivity contribution in [2.24, 2.45) is 17.3 Å². The Bertz CT molecular complexity index is 176. The van der Waals surface area contributed by atoms with Gasteiger partial charge >= 0.3 is 0 Å². The standard InChI is InChI=1S/C13H24/c1-5-6-9-12-11(2)8-7-10-13(12,3)4/h6,9,11-12H,5,7-8,10H2,1-4H3. The van der Waals surface area contributed by atoms with Crippen LogP contribution in [0.5, 0.6) is 0 Å². The van der Waals surface area contributed by atoms with Crippen molar-refractivity contribution in [2.45, 2.75) is 53.4 Å². The molecule has 0 amide bonds. The van der Waals surface area contributed by atoms with E-state index in [1.807, 2.05) is 0 Å². The van der Waals surface area contributed by atoms with Crippen molar-refractivity contribution in [1.82, 2.24) is 0 Å². The van der Waals surface area contributed by atoms with Crippen molar-refractivity contribution in [1.29, 1.82) is 0 Å². The van der Waals surface area contributed by atoms with Gasteiger partial charge in [0, 0.05) is 0 Å². The molecule has 2 atom stereocenters. The maximum absolute atomic E-state index is 2.46. The molecule has 0 nitrogen and oxygen atoms in total. The summed E-state index contributed by atoms with van der Waals surface area (Å²) in [4.78, 5) is 0. The summed E-state index contributed by atoms with van der Waals surface area (Å²) in [5, 5.41) is 0. The second kappa shape index (κ2) is 4.30. The van der Waals surface area contributed by atoms with Gasteiger partial charge in [-0.05, 0) is 30.1 Å². The van der Waals surface area contributed by atoms with E-state index < -0.39 is 0 Å². The fraction of sp³-hybridized carbons (Fsp3) is 0.846. The van der Waals surface area contributed by atoms with Crippen molar-refractivity contribution in [3.8, 4) is 0 Å². The highest BCUT2D eigenvalue weighted by molar-refractivity contribution is 4.99. The first kappa shape index (κ1) is 10.8. The predicted octanol–water partition coefficient (Wildman–Crippen LogP) is 4.42. The van der Waals surface area contributed by atoms with E-state index in [-0.39, 0.29) is 0 Å². The third-order valence-electron chi connectivity index (χ3n) is 3.58. The van der Waals surface area contributed by atoms with Gasteiger partial charge in [0.1, 0.15) is 0 Å². The summed E-state index contributed by atoms with van der Waals surface area (Å²) in [6.07, 6.45) is 10.2. The van der Waals surface area contributed by atoms with Crippen LogP contribution in [-0.2, 0) is 0 Å². The van der Waals surface area contributed by atoms with Crippen LogP contribution in [-0.4, -0.2) is 0 Å². The zero-order valence-corrected chi connectivity index (χ0v) is 9.64. The molecule has 0 radical (unpaired) electrons. The fourth-order valence-electron chi connectivity index (χ4n) is 2.73. The molecule has 13 heavy (non-hydrogen) atoms. The molecule has 0 bridgehead atoms. The average molecular weight is 180 g/mol. The number of rotatable bonds is 2. The van der Waals surface area contributed by atoms with Crippen LogP contribution in [0, 0.1) is 17.3 Å². The molecule has 0 heterocycles. The summed E-state index contributed by atoms with van der Waals surface area (Å²) in [7, 11) is 0. The Morgan fingerprint density at radius 3 is 2.62 bits per heavy atom. The molecular formula is C13H24. The number of hydrogen-bond acceptors (Lipinski definition) is 0. The second-order valence-electron chi connectivity index (χ2n) is 5.22. The predicted molar refractivity (Wildman–Crippen MR) is 59.7 cm³/mol. The molecule has 2 unspecified atom stereocenters. The Balaban J connectivity index is 2.68. The third kappa shape index (κ3) is 2.59. The summed E-state index contributed by atoms with van der Waals surface area (Å²) in [6.45, 7) is 9.48. The highest BCUT2D eigenvalue weighted by atomic mass is 14.4. The number of allylic oxidation sites excluding steroid dienone is 2. The molecule has 0 saturated heterocycles. The van der Waals surface area contributed by atoms with Gasteiger partial charge in [-0.15, -0.1) is 0 Å². The normalized spacial score (nSPS) is 33.8. The van der Waals surface area contributed by atoms with Gasteiger partial charge in [0.05, 0.1) is 0 Å². The highest BCUT2D eigenvalue weighted by Gasteiger charge is 2.34. The van der Waals surface area contributed by atoms with Crippen molar-refractivity contribution in [3.63, 3.8) is 0 Å². The third-order valence-corrected chi connectivity index (χ3v) is 3.58. The highest BCUT2D eigenvalue weighted by Crippen LogP contribution is 2.44. The van der Waals surface area contributed by atoms with Crippen molar-refractivity contribution < 1.29 is 0 Å². The zero-order valence-electron chi connectivity index (χ0n) is 9.64. The lowest BCUT2D eigenvalue weighted by Crippen LogP contribution is -2.32. The molecule has 0 aliphatic heterocycles. The smallest absolute Gasteiger partial charge is 0.0156 e. The summed E-state index contributed by atoms with van der Waals surface area (Å²) in [5.74, 6) is 1.69. The minimum absolute atomic E-state index is 0.531. The van der Waals surface area contributed by atoms with Gasteiger partial charge in [0.25, 0.3) is 0 Å². The molecule has 1 fully saturated rings. The Morgan fingerprint density at radius 2 is 2.08 bits per heavy atom. The molecule has 1 rings (SSSR count).